The topological polar surface area (TPSA) is 90.3 Å². The van der Waals surface area contributed by atoms with E-state index in [1.165, 1.54) is 31.3 Å². The Kier molecular flexibility index (Phi) is 6.09. The minimum absolute atomic E-state index is 0.0292. The first-order valence-corrected chi connectivity index (χ1v) is 8.38. The van der Waals surface area contributed by atoms with E-state index in [9.17, 15) is 13.2 Å². The molecule has 1 aromatic rings. The van der Waals surface area contributed by atoms with Crippen LogP contribution >= 0.6 is 0 Å². The molecule has 7 heteroatoms. The van der Waals surface area contributed by atoms with Gasteiger partial charge in [-0.2, -0.15) is 9.57 Å². The smallest absolute Gasteiger partial charge is 0.243 e. The van der Waals surface area contributed by atoms with E-state index in [1.807, 2.05) is 26.8 Å². The van der Waals surface area contributed by atoms with Gasteiger partial charge in [0, 0.05) is 13.1 Å². The molecule has 0 radical (unpaired) electrons. The van der Waals surface area contributed by atoms with Crippen molar-refractivity contribution in [3.05, 3.63) is 29.8 Å². The molecule has 1 aromatic carbocycles. The van der Waals surface area contributed by atoms with Crippen LogP contribution in [0.15, 0.2) is 29.2 Å². The summed E-state index contributed by atoms with van der Waals surface area (Å²) in [7, 11) is -2.40. The van der Waals surface area contributed by atoms with Crippen molar-refractivity contribution in [2.45, 2.75) is 31.7 Å². The van der Waals surface area contributed by atoms with E-state index in [-0.39, 0.29) is 29.3 Å². The summed E-state index contributed by atoms with van der Waals surface area (Å²) in [5.41, 5.74) is 0.380. The molecule has 0 aromatic heterocycles. The highest BCUT2D eigenvalue weighted by Gasteiger charge is 2.23. The molecule has 0 bridgehead atoms. The van der Waals surface area contributed by atoms with Crippen molar-refractivity contribution >= 4 is 15.9 Å². The third-order valence-corrected chi connectivity index (χ3v) is 5.26. The minimum Gasteiger partial charge on any atom is -0.352 e. The van der Waals surface area contributed by atoms with E-state index in [0.717, 1.165) is 4.31 Å². The zero-order valence-electron chi connectivity index (χ0n) is 13.2. The lowest BCUT2D eigenvalue weighted by Crippen LogP contribution is -2.43. The van der Waals surface area contributed by atoms with Crippen LogP contribution in [0.25, 0.3) is 0 Å². The number of nitrogens with zero attached hydrogens (tertiary/aromatic N) is 2. The SMILES string of the molecule is CC(C)C(C)NC(=O)CN(C)S(=O)(=O)c1ccc(C#N)cc1. The Hall–Kier alpha value is -1.91. The Bertz CT molecular complexity index is 660. The molecule has 1 unspecified atom stereocenters. The predicted molar refractivity (Wildman–Crippen MR) is 83.4 cm³/mol. The number of hydrogen-bond acceptors (Lipinski definition) is 4. The number of nitriles is 1. The van der Waals surface area contributed by atoms with Gasteiger partial charge in [0.15, 0.2) is 0 Å². The largest absolute Gasteiger partial charge is 0.352 e. The van der Waals surface area contributed by atoms with Crippen LogP contribution in [0.2, 0.25) is 0 Å². The van der Waals surface area contributed by atoms with Crippen molar-refractivity contribution in [1.82, 2.24) is 9.62 Å². The number of nitrogens with one attached hydrogen (secondary N) is 1. The maximum Gasteiger partial charge on any atom is 0.243 e. The summed E-state index contributed by atoms with van der Waals surface area (Å²) in [6.45, 7) is 5.57. The number of carbonyl (C=O) groups excluding carboxylic acids is 1. The summed E-state index contributed by atoms with van der Waals surface area (Å²) in [6.07, 6.45) is 0. The Morgan fingerprint density at radius 2 is 1.82 bits per heavy atom. The van der Waals surface area contributed by atoms with Gasteiger partial charge in [-0.3, -0.25) is 4.79 Å². The van der Waals surface area contributed by atoms with Gasteiger partial charge in [-0.15, -0.1) is 0 Å². The molecule has 120 valence electrons. The monoisotopic (exact) mass is 323 g/mol. The van der Waals surface area contributed by atoms with Crippen LogP contribution in [0.5, 0.6) is 0 Å². The van der Waals surface area contributed by atoms with Crippen LogP contribution in [0, 0.1) is 17.2 Å². The van der Waals surface area contributed by atoms with Crippen molar-refractivity contribution in [3.8, 4) is 6.07 Å². The van der Waals surface area contributed by atoms with Gasteiger partial charge in [0.25, 0.3) is 0 Å². The number of hydrogen-bond donors (Lipinski definition) is 1. The number of carbonyl (C=O) groups is 1. The predicted octanol–water partition coefficient (Wildman–Crippen LogP) is 1.34. The third-order valence-electron chi connectivity index (χ3n) is 3.45. The number of amides is 1. The lowest BCUT2D eigenvalue weighted by Gasteiger charge is -2.21. The maximum atomic E-state index is 12.3. The second-order valence-corrected chi connectivity index (χ2v) is 7.54. The molecular weight excluding hydrogens is 302 g/mol. The molecule has 0 aliphatic heterocycles. The Morgan fingerprint density at radius 1 is 1.27 bits per heavy atom. The molecule has 22 heavy (non-hydrogen) atoms. The molecule has 0 fully saturated rings. The van der Waals surface area contributed by atoms with Crippen molar-refractivity contribution < 1.29 is 13.2 Å². The molecule has 0 spiro atoms. The van der Waals surface area contributed by atoms with Crippen molar-refractivity contribution in [2.75, 3.05) is 13.6 Å². The van der Waals surface area contributed by atoms with Gasteiger partial charge < -0.3 is 5.32 Å². The van der Waals surface area contributed by atoms with Gasteiger partial charge in [0.1, 0.15) is 0 Å². The van der Waals surface area contributed by atoms with E-state index in [4.69, 9.17) is 5.26 Å². The summed E-state index contributed by atoms with van der Waals surface area (Å²) in [4.78, 5) is 11.9. The van der Waals surface area contributed by atoms with Crippen molar-refractivity contribution in [1.29, 1.82) is 5.26 Å². The molecule has 0 aliphatic rings. The quantitative estimate of drug-likeness (QED) is 0.855. The highest BCUT2D eigenvalue weighted by atomic mass is 32.2. The molecule has 1 rings (SSSR count). The average Bonchev–Trinajstić information content (AvgIpc) is 2.46. The zero-order chi connectivity index (χ0) is 16.9. The standard InChI is InChI=1S/C15H21N3O3S/c1-11(2)12(3)17-15(19)10-18(4)22(20,21)14-7-5-13(9-16)6-8-14/h5-8,11-12H,10H2,1-4H3,(H,17,19). The van der Waals surface area contributed by atoms with Crippen LogP contribution in [0.3, 0.4) is 0 Å². The number of rotatable bonds is 6. The molecule has 1 N–H and O–H groups in total. The van der Waals surface area contributed by atoms with Crippen LogP contribution in [0.4, 0.5) is 0 Å². The van der Waals surface area contributed by atoms with E-state index in [2.05, 4.69) is 5.32 Å². The molecule has 0 saturated heterocycles. The summed E-state index contributed by atoms with van der Waals surface area (Å²) < 4.78 is 25.7. The Labute approximate surface area is 131 Å². The van der Waals surface area contributed by atoms with Crippen molar-refractivity contribution in [3.63, 3.8) is 0 Å². The fourth-order valence-corrected chi connectivity index (χ4v) is 2.76. The highest BCUT2D eigenvalue weighted by Crippen LogP contribution is 2.14. The van der Waals surface area contributed by atoms with Gasteiger partial charge >= 0.3 is 0 Å². The molecule has 0 aliphatic carbocycles. The first-order chi connectivity index (χ1) is 10.2. The first-order valence-electron chi connectivity index (χ1n) is 6.94. The fraction of sp³-hybridized carbons (Fsp3) is 0.467. The van der Waals surface area contributed by atoms with E-state index >= 15 is 0 Å². The van der Waals surface area contributed by atoms with Gasteiger partial charge in [0.2, 0.25) is 15.9 Å². The van der Waals surface area contributed by atoms with E-state index < -0.39 is 10.0 Å². The maximum absolute atomic E-state index is 12.3. The van der Waals surface area contributed by atoms with Gasteiger partial charge in [-0.05, 0) is 37.1 Å². The molecule has 6 nitrogen and oxygen atoms in total. The summed E-state index contributed by atoms with van der Waals surface area (Å²) in [6, 6.07) is 7.48. The first kappa shape index (κ1) is 18.1. The second kappa shape index (κ2) is 7.38. The minimum atomic E-state index is -3.75. The molecule has 0 saturated carbocycles. The number of likely N-dealkylation sites (N-methyl/N-ethyl adjacent to an activating group) is 1. The van der Waals surface area contributed by atoms with Crippen LogP contribution in [0.1, 0.15) is 26.3 Å². The Morgan fingerprint density at radius 3 is 2.27 bits per heavy atom. The highest BCUT2D eigenvalue weighted by molar-refractivity contribution is 7.89. The average molecular weight is 323 g/mol. The molecule has 0 heterocycles. The second-order valence-electron chi connectivity index (χ2n) is 5.50. The summed E-state index contributed by atoms with van der Waals surface area (Å²) in [5, 5.41) is 11.5. The zero-order valence-corrected chi connectivity index (χ0v) is 14.0. The van der Waals surface area contributed by atoms with Gasteiger partial charge in [-0.1, -0.05) is 13.8 Å². The number of benzene rings is 1. The lowest BCUT2D eigenvalue weighted by atomic mass is 10.1. The van der Waals surface area contributed by atoms with Gasteiger partial charge in [-0.25, -0.2) is 8.42 Å². The number of sulfonamides is 1. The van der Waals surface area contributed by atoms with E-state index in [1.54, 1.807) is 0 Å². The fourth-order valence-electron chi connectivity index (χ4n) is 1.63. The molecule has 1 atom stereocenters. The third kappa shape index (κ3) is 4.55. The summed E-state index contributed by atoms with van der Waals surface area (Å²) >= 11 is 0. The lowest BCUT2D eigenvalue weighted by molar-refractivity contribution is -0.122. The van der Waals surface area contributed by atoms with Gasteiger partial charge in [0.05, 0.1) is 23.1 Å². The van der Waals surface area contributed by atoms with Crippen molar-refractivity contribution in [2.24, 2.45) is 5.92 Å². The molecular formula is C15H21N3O3S. The Balaban J connectivity index is 2.80. The summed E-state index contributed by atoms with van der Waals surface area (Å²) in [5.74, 6) is -0.0784. The van der Waals surface area contributed by atoms with Crippen LogP contribution in [-0.2, 0) is 14.8 Å². The van der Waals surface area contributed by atoms with Crippen LogP contribution < -0.4 is 5.32 Å². The normalized spacial score (nSPS) is 13.0. The van der Waals surface area contributed by atoms with Crippen LogP contribution in [-0.4, -0.2) is 38.3 Å². The molecule has 1 amide bonds. The van der Waals surface area contributed by atoms with E-state index in [0.29, 0.717) is 5.56 Å².